The summed E-state index contributed by atoms with van der Waals surface area (Å²) >= 11 is 0. The molecule has 2 aromatic rings. The first-order valence-corrected chi connectivity index (χ1v) is 44.9. The number of carbonyl (C=O) groups excluding carboxylic acids is 2. The average Bonchev–Trinajstić information content (AvgIpc) is 3.19. The number of esters is 2. The molecule has 0 aliphatic carbocycles. The van der Waals surface area contributed by atoms with Gasteiger partial charge in [-0.2, -0.15) is 0 Å². The third-order valence-electron chi connectivity index (χ3n) is 9.09. The molecule has 0 spiro atoms. The topological polar surface area (TPSA) is 164 Å². The van der Waals surface area contributed by atoms with Crippen LogP contribution in [0.25, 0.3) is 0 Å². The Hall–Kier alpha value is -3.28. The van der Waals surface area contributed by atoms with Gasteiger partial charge >= 0.3 is 29.1 Å². The van der Waals surface area contributed by atoms with E-state index < -0.39 is 86.9 Å². The van der Waals surface area contributed by atoms with Gasteiger partial charge in [0, 0.05) is 27.2 Å². The Labute approximate surface area is 443 Å². The van der Waals surface area contributed by atoms with Gasteiger partial charge in [0.15, 0.2) is 43.1 Å². The molecule has 0 amide bonds. The number of likely N-dealkylation sites (N-methyl/N-ethyl adjacent to an activating group) is 1. The molecule has 0 aliphatic rings. The molecule has 0 unspecified atom stereocenters. The van der Waals surface area contributed by atoms with Gasteiger partial charge in [0.25, 0.3) is 0 Å². The lowest BCUT2D eigenvalue weighted by Crippen LogP contribution is -2.55. The lowest BCUT2D eigenvalue weighted by Gasteiger charge is -2.40. The molecule has 0 radical (unpaired) electrons. The van der Waals surface area contributed by atoms with Crippen molar-refractivity contribution < 1.29 is 52.4 Å². The zero-order valence-corrected chi connectivity index (χ0v) is 52.9. The molecule has 0 bridgehead atoms. The van der Waals surface area contributed by atoms with Gasteiger partial charge in [-0.25, -0.2) is 26.4 Å². The molecule has 0 fully saturated rings. The third-order valence-corrected chi connectivity index (χ3v) is 31.7. The van der Waals surface area contributed by atoms with E-state index in [0.29, 0.717) is 6.54 Å². The van der Waals surface area contributed by atoms with E-state index in [0.717, 1.165) is 24.2 Å². The van der Waals surface area contributed by atoms with Crippen molar-refractivity contribution in [3.05, 3.63) is 119 Å². The fourth-order valence-electron chi connectivity index (χ4n) is 6.92. The maximum Gasteiger partial charge on any atom is 0.350 e. The van der Waals surface area contributed by atoms with Crippen molar-refractivity contribution in [2.75, 3.05) is 40.4 Å². The molecule has 0 heterocycles. The largest absolute Gasteiger partial charge is 0.462 e. The van der Waals surface area contributed by atoms with E-state index in [9.17, 15) is 26.4 Å². The third kappa shape index (κ3) is 26.8. The van der Waals surface area contributed by atoms with Crippen LogP contribution in [-0.2, 0) is 55.2 Å². The zero-order chi connectivity index (χ0) is 54.0. The number of hydrogen-bond donors (Lipinski definition) is 0. The first-order valence-electron chi connectivity index (χ1n) is 23.5. The molecular weight excluding hydrogens is 1050 g/mol. The van der Waals surface area contributed by atoms with Crippen molar-refractivity contribution in [2.24, 2.45) is 0 Å². The summed E-state index contributed by atoms with van der Waals surface area (Å²) < 4.78 is 88.3. The van der Waals surface area contributed by atoms with E-state index in [1.54, 1.807) is 68.7 Å². The monoisotopic (exact) mass is 1140 g/mol. The molecule has 2 aromatic carbocycles. The maximum absolute atomic E-state index is 13.0. The number of benzene rings is 2. The number of ether oxygens (including phenoxy) is 2. The summed E-state index contributed by atoms with van der Waals surface area (Å²) in [6, 6.07) is 16.6. The van der Waals surface area contributed by atoms with Crippen LogP contribution in [0.5, 0.6) is 0 Å². The van der Waals surface area contributed by atoms with Gasteiger partial charge < -0.3 is 35.7 Å². The SMILES string of the molecule is C.C.C=C(CN(C)/C=C/C=C(\C(=O)OCC)S(=O)(=O)c1ccccc1)[Si](C)(O[Si](C)(C)C)O[Si](C)(C)C.CCOC(=O)/C(=C\C=C\N(C)CCC[Si](C)(O[Si](C)(C)C)O[Si](C)(C)C)S(=O)(=O)c1ccccc1. The number of allylic oxidation sites excluding steroid dienone is 4. The van der Waals surface area contributed by atoms with Gasteiger partial charge in [-0.1, -0.05) is 57.8 Å². The normalized spacial score (nSPS) is 13.4. The summed E-state index contributed by atoms with van der Waals surface area (Å²) in [6.45, 7) is 39.1. The predicted octanol–water partition coefficient (Wildman–Crippen LogP) is 12.0. The number of carbonyl (C=O) groups is 2. The van der Waals surface area contributed by atoms with E-state index >= 15 is 0 Å². The molecule has 0 aromatic heterocycles. The second-order valence-corrected chi connectivity index (χ2v) is 50.2. The molecule has 0 saturated heterocycles. The molecule has 22 heteroatoms. The summed E-state index contributed by atoms with van der Waals surface area (Å²) in [5, 5.41) is 0.890. The smallest absolute Gasteiger partial charge is 0.350 e. The van der Waals surface area contributed by atoms with Gasteiger partial charge in [0.1, 0.15) is 0 Å². The molecule has 14 nitrogen and oxygen atoms in total. The molecule has 0 atom stereocenters. The highest BCUT2D eigenvalue weighted by molar-refractivity contribution is 7.96. The van der Waals surface area contributed by atoms with E-state index in [4.69, 9.17) is 25.9 Å². The van der Waals surface area contributed by atoms with Crippen molar-refractivity contribution in [1.29, 1.82) is 0 Å². The van der Waals surface area contributed by atoms with Crippen LogP contribution >= 0.6 is 0 Å². The Kier molecular flexibility index (Phi) is 29.8. The van der Waals surface area contributed by atoms with Crippen LogP contribution in [-0.4, -0.2) is 129 Å². The minimum absolute atomic E-state index is 0. The molecule has 72 heavy (non-hydrogen) atoms. The van der Waals surface area contributed by atoms with Gasteiger partial charge in [-0.15, -0.1) is 0 Å². The van der Waals surface area contributed by atoms with Crippen LogP contribution in [0.2, 0.25) is 97.7 Å². The molecule has 0 N–H and O–H groups in total. The molecule has 410 valence electrons. The zero-order valence-electron chi connectivity index (χ0n) is 45.3. The molecule has 2 rings (SSSR count). The Balaban J connectivity index is 0. The minimum atomic E-state index is -4.03. The first kappa shape index (κ1) is 70.8. The summed E-state index contributed by atoms with van der Waals surface area (Å²) in [4.78, 5) is 28.0. The highest BCUT2D eigenvalue weighted by atomic mass is 32.2. The van der Waals surface area contributed by atoms with Crippen LogP contribution in [0.3, 0.4) is 0 Å². The highest BCUT2D eigenvalue weighted by Gasteiger charge is 2.43. The van der Waals surface area contributed by atoms with Gasteiger partial charge in [-0.3, -0.25) is 0 Å². The summed E-state index contributed by atoms with van der Waals surface area (Å²) in [5.74, 6) is -1.75. The van der Waals surface area contributed by atoms with E-state index in [1.807, 2.05) is 23.9 Å². The average molecular weight is 1150 g/mol. The summed E-state index contributed by atoms with van der Waals surface area (Å²) in [6.07, 6.45) is 10.0. The number of sulfone groups is 2. The van der Waals surface area contributed by atoms with Crippen LogP contribution < -0.4 is 0 Å². The standard InChI is InChI=1S/C24H41NO6SSi3.C24H43NO6SSi3.2CH4/c1-11-29-24(26)23(32(27,28)22-16-13-12-14-17-22)18-15-19-25(3)20-21(2)35(10,30-33(4,5)6)31-34(7,8)9;1-10-29-24(26)23(32(27,28)22-16-12-11-13-17-22)18-14-19-25(2)20-15-21-35(9,30-33(3,4)5)31-34(6,7)8;;/h12-19H,2,11,20H2,1,3-10H3;11-14,16-19H,10,15,20-21H2,1-9H3;2*1H4/b19-15+,23-18+;19-14+,23-18+;;. The molecule has 0 aliphatic heterocycles. The Morgan fingerprint density at radius 3 is 1.21 bits per heavy atom. The van der Waals surface area contributed by atoms with Crippen molar-refractivity contribution in [1.82, 2.24) is 9.80 Å². The predicted molar refractivity (Wildman–Crippen MR) is 313 cm³/mol. The summed E-state index contributed by atoms with van der Waals surface area (Å²) in [5.41, 5.74) is 0. The quantitative estimate of drug-likeness (QED) is 0.0359. The fourth-order valence-corrected chi connectivity index (χ4v) is 33.6. The molecule has 0 saturated carbocycles. The lowest BCUT2D eigenvalue weighted by atomic mass is 10.4. The lowest BCUT2D eigenvalue weighted by molar-refractivity contribution is -0.138. The second kappa shape index (κ2) is 30.3. The van der Waals surface area contributed by atoms with E-state index in [1.165, 1.54) is 42.5 Å². The first-order chi connectivity index (χ1) is 31.9. The van der Waals surface area contributed by atoms with Crippen LogP contribution in [0.15, 0.2) is 129 Å². The van der Waals surface area contributed by atoms with E-state index in [-0.39, 0.29) is 42.8 Å². The Morgan fingerprint density at radius 1 is 0.556 bits per heavy atom. The van der Waals surface area contributed by atoms with Crippen LogP contribution in [0.1, 0.15) is 35.1 Å². The number of rotatable bonds is 27. The fraction of sp³-hybridized carbons (Fsp3) is 0.520. The maximum atomic E-state index is 13.0. The van der Waals surface area contributed by atoms with Gasteiger partial charge in [-0.05, 0) is 184 Å². The Bertz CT molecular complexity index is 2320. The van der Waals surface area contributed by atoms with Gasteiger partial charge in [0.2, 0.25) is 19.7 Å². The summed E-state index contributed by atoms with van der Waals surface area (Å²) in [7, 11) is -16.5. The van der Waals surface area contributed by atoms with Crippen molar-refractivity contribution in [2.45, 2.75) is 143 Å². The van der Waals surface area contributed by atoms with E-state index in [2.05, 4.69) is 98.2 Å². The van der Waals surface area contributed by atoms with Crippen molar-refractivity contribution in [3.8, 4) is 0 Å². The number of hydrogen-bond acceptors (Lipinski definition) is 14. The van der Waals surface area contributed by atoms with Gasteiger partial charge in [0.05, 0.1) is 23.0 Å². The van der Waals surface area contributed by atoms with Crippen molar-refractivity contribution >= 4 is 82.0 Å². The van der Waals surface area contributed by atoms with Crippen molar-refractivity contribution in [3.63, 3.8) is 0 Å². The van der Waals surface area contributed by atoms with Crippen LogP contribution in [0, 0.1) is 0 Å². The second-order valence-electron chi connectivity index (χ2n) is 20.9. The molecular formula is C50H92N2O12S2Si6. The number of nitrogens with zero attached hydrogens (tertiary/aromatic N) is 2. The Morgan fingerprint density at radius 2 is 0.889 bits per heavy atom. The van der Waals surface area contributed by atoms with Crippen LogP contribution in [0.4, 0.5) is 0 Å². The minimum Gasteiger partial charge on any atom is -0.462 e. The highest BCUT2D eigenvalue weighted by Crippen LogP contribution is 2.28.